The molecule has 2 nitrogen and oxygen atoms in total. The van der Waals surface area contributed by atoms with Crippen LogP contribution in [0.5, 0.6) is 0 Å². The molecule has 2 aromatic carbocycles. The predicted octanol–water partition coefficient (Wildman–Crippen LogP) is 5.21. The molecule has 5 heteroatoms. The molecule has 2 aromatic rings. The molecule has 1 atom stereocenters. The average molecular weight is 550 g/mol. The summed E-state index contributed by atoms with van der Waals surface area (Å²) in [4.78, 5) is 7.19. The second-order valence-electron chi connectivity index (χ2n) is 5.34. The van der Waals surface area contributed by atoms with E-state index in [1.807, 2.05) is 11.8 Å². The molecule has 122 valence electrons. The number of hydrogen-bond acceptors (Lipinski definition) is 3. The molecule has 0 saturated heterocycles. The topological polar surface area (TPSA) is 15.6 Å². The molecule has 0 bridgehead atoms. The van der Waals surface area contributed by atoms with Gasteiger partial charge in [-0.2, -0.15) is 0 Å². The summed E-state index contributed by atoms with van der Waals surface area (Å²) < 4.78 is 1.15. The lowest BCUT2D eigenvalue weighted by Gasteiger charge is -2.24. The zero-order valence-corrected chi connectivity index (χ0v) is 18.1. The van der Waals surface area contributed by atoms with E-state index in [0.717, 1.165) is 24.1 Å². The fourth-order valence-electron chi connectivity index (χ4n) is 2.46. The summed E-state index contributed by atoms with van der Waals surface area (Å²) in [5.41, 5.74) is 2.67. The first-order valence-electron chi connectivity index (χ1n) is 7.45. The van der Waals surface area contributed by atoms with E-state index < -0.39 is 0 Å². The van der Waals surface area contributed by atoms with Gasteiger partial charge in [-0.05, 0) is 11.1 Å². The molecule has 0 fully saturated rings. The van der Waals surface area contributed by atoms with Gasteiger partial charge in [0.25, 0.3) is 0 Å². The highest BCUT2D eigenvalue weighted by molar-refractivity contribution is 14.1. The molecule has 0 aromatic heterocycles. The van der Waals surface area contributed by atoms with Crippen LogP contribution in [0.1, 0.15) is 11.1 Å². The highest BCUT2D eigenvalue weighted by atomic mass is 127. The molecule has 1 aliphatic heterocycles. The number of hydrogen-bond donors (Lipinski definition) is 0. The van der Waals surface area contributed by atoms with E-state index in [2.05, 4.69) is 88.2 Å². The monoisotopic (exact) mass is 550 g/mol. The maximum Gasteiger partial charge on any atom is 0.160 e. The Bertz CT molecular complexity index is 578. The summed E-state index contributed by atoms with van der Waals surface area (Å²) in [5.74, 6) is 0. The molecule has 0 N–H and O–H groups in total. The van der Waals surface area contributed by atoms with E-state index in [-0.39, 0.29) is 24.0 Å². The molecule has 23 heavy (non-hydrogen) atoms. The van der Waals surface area contributed by atoms with Crippen molar-refractivity contribution < 1.29 is 0 Å². The van der Waals surface area contributed by atoms with Gasteiger partial charge < -0.3 is 4.90 Å². The molecule has 0 radical (unpaired) electrons. The first-order valence-corrected chi connectivity index (χ1v) is 9.85. The fourth-order valence-corrected chi connectivity index (χ4v) is 4.21. The van der Waals surface area contributed by atoms with E-state index >= 15 is 0 Å². The third-order valence-electron chi connectivity index (χ3n) is 3.58. The number of alkyl halides is 1. The molecule has 0 spiro atoms. The zero-order chi connectivity index (χ0) is 15.2. The maximum absolute atomic E-state index is 4.78. The Labute approximate surface area is 173 Å². The van der Waals surface area contributed by atoms with Crippen molar-refractivity contribution in [1.82, 2.24) is 4.90 Å². The largest absolute Gasteiger partial charge is 0.343 e. The van der Waals surface area contributed by atoms with Crippen molar-refractivity contribution in [3.8, 4) is 0 Å². The molecule has 1 unspecified atom stereocenters. The number of thioether (sulfide) groups is 1. The smallest absolute Gasteiger partial charge is 0.160 e. The average Bonchev–Trinajstić information content (AvgIpc) is 3.05. The number of rotatable bonds is 5. The van der Waals surface area contributed by atoms with Crippen molar-refractivity contribution in [2.45, 2.75) is 18.3 Å². The number of halogens is 2. The number of benzene rings is 2. The van der Waals surface area contributed by atoms with Crippen LogP contribution >= 0.6 is 58.3 Å². The Hall–Kier alpha value is -0.280. The second-order valence-corrected chi connectivity index (χ2v) is 7.49. The van der Waals surface area contributed by atoms with Gasteiger partial charge in [0.05, 0.1) is 6.54 Å². The van der Waals surface area contributed by atoms with E-state index in [1.54, 1.807) is 0 Å². The number of amidine groups is 1. The van der Waals surface area contributed by atoms with Gasteiger partial charge in [-0.1, -0.05) is 95.0 Å². The van der Waals surface area contributed by atoms with Crippen LogP contribution in [-0.2, 0) is 13.1 Å². The van der Waals surface area contributed by atoms with Crippen molar-refractivity contribution in [3.05, 3.63) is 71.8 Å². The summed E-state index contributed by atoms with van der Waals surface area (Å²) >= 11 is 4.38. The minimum absolute atomic E-state index is 0. The third-order valence-corrected chi connectivity index (χ3v) is 6.49. The van der Waals surface area contributed by atoms with Gasteiger partial charge in [-0.25, -0.2) is 0 Å². The summed E-state index contributed by atoms with van der Waals surface area (Å²) in [6, 6.07) is 21.3. The highest BCUT2D eigenvalue weighted by Crippen LogP contribution is 2.27. The molecule has 3 rings (SSSR count). The minimum Gasteiger partial charge on any atom is -0.343 e. The lowest BCUT2D eigenvalue weighted by atomic mass is 10.2. The van der Waals surface area contributed by atoms with E-state index in [1.165, 1.54) is 16.3 Å². The summed E-state index contributed by atoms with van der Waals surface area (Å²) in [5, 5.41) is 1.82. The van der Waals surface area contributed by atoms with Crippen LogP contribution in [-0.4, -0.2) is 26.3 Å². The van der Waals surface area contributed by atoms with Crippen LogP contribution in [0.4, 0.5) is 0 Å². The third kappa shape index (κ3) is 5.63. The van der Waals surface area contributed by atoms with E-state index in [9.17, 15) is 0 Å². The Morgan fingerprint density at radius 2 is 1.48 bits per heavy atom. The van der Waals surface area contributed by atoms with Gasteiger partial charge in [-0.3, -0.25) is 4.99 Å². The van der Waals surface area contributed by atoms with Crippen molar-refractivity contribution in [3.63, 3.8) is 0 Å². The molecule has 0 aliphatic carbocycles. The molecule has 1 aliphatic rings. The summed E-state index contributed by atoms with van der Waals surface area (Å²) in [6.45, 7) is 2.77. The minimum atomic E-state index is 0. The standard InChI is InChI=1S/C18H19IN2S.HI/c19-11-17-12-20-18(22-17)21(13-15-7-3-1-4-8-15)14-16-9-5-2-6-10-16;/h1-10,17H,11-14H2;1H. The zero-order valence-electron chi connectivity index (χ0n) is 12.8. The van der Waals surface area contributed by atoms with Crippen LogP contribution in [0.25, 0.3) is 0 Å². The maximum atomic E-state index is 4.78. The van der Waals surface area contributed by atoms with Gasteiger partial charge >= 0.3 is 0 Å². The Morgan fingerprint density at radius 1 is 0.957 bits per heavy atom. The second kappa shape index (κ2) is 9.88. The quantitative estimate of drug-likeness (QED) is 0.376. The normalized spacial score (nSPS) is 16.6. The first kappa shape index (κ1) is 19.1. The molecule has 1 heterocycles. The number of aliphatic imine (C=N–C) groups is 1. The van der Waals surface area contributed by atoms with Gasteiger partial charge in [0.1, 0.15) is 0 Å². The molecule has 0 amide bonds. The SMILES string of the molecule is I.ICC1CN=C(N(Cc2ccccc2)Cc2ccccc2)S1. The Morgan fingerprint density at radius 3 is 1.91 bits per heavy atom. The molecular formula is C18H20I2N2S. The van der Waals surface area contributed by atoms with Crippen LogP contribution in [0.15, 0.2) is 65.7 Å². The van der Waals surface area contributed by atoms with Gasteiger partial charge in [-0.15, -0.1) is 24.0 Å². The Kier molecular flexibility index (Phi) is 8.18. The van der Waals surface area contributed by atoms with Gasteiger partial charge in [0.15, 0.2) is 5.17 Å². The van der Waals surface area contributed by atoms with Crippen LogP contribution in [0.3, 0.4) is 0 Å². The van der Waals surface area contributed by atoms with Crippen molar-refractivity contribution >= 4 is 63.5 Å². The highest BCUT2D eigenvalue weighted by Gasteiger charge is 2.23. The van der Waals surface area contributed by atoms with Gasteiger partial charge in [0.2, 0.25) is 0 Å². The first-order chi connectivity index (χ1) is 10.8. The fraction of sp³-hybridized carbons (Fsp3) is 0.278. The molecule has 0 saturated carbocycles. The lowest BCUT2D eigenvalue weighted by molar-refractivity contribution is 0.414. The summed E-state index contributed by atoms with van der Waals surface area (Å²) in [7, 11) is 0. The van der Waals surface area contributed by atoms with E-state index in [0.29, 0.717) is 5.25 Å². The predicted molar refractivity (Wildman–Crippen MR) is 120 cm³/mol. The Balaban J connectivity index is 0.00000192. The number of nitrogens with zero attached hydrogens (tertiary/aromatic N) is 2. The van der Waals surface area contributed by atoms with Crippen LogP contribution < -0.4 is 0 Å². The van der Waals surface area contributed by atoms with Crippen molar-refractivity contribution in [2.24, 2.45) is 4.99 Å². The molecular weight excluding hydrogens is 530 g/mol. The van der Waals surface area contributed by atoms with Gasteiger partial charge in [0, 0.05) is 22.8 Å². The van der Waals surface area contributed by atoms with E-state index in [4.69, 9.17) is 4.99 Å². The van der Waals surface area contributed by atoms with Crippen LogP contribution in [0, 0.1) is 0 Å². The van der Waals surface area contributed by atoms with Crippen molar-refractivity contribution in [2.75, 3.05) is 11.0 Å². The van der Waals surface area contributed by atoms with Crippen molar-refractivity contribution in [1.29, 1.82) is 0 Å². The summed E-state index contributed by atoms with van der Waals surface area (Å²) in [6.07, 6.45) is 0. The lowest BCUT2D eigenvalue weighted by Crippen LogP contribution is -2.27. The van der Waals surface area contributed by atoms with Crippen LogP contribution in [0.2, 0.25) is 0 Å².